The summed E-state index contributed by atoms with van der Waals surface area (Å²) in [4.78, 5) is 14.8. The lowest BCUT2D eigenvalue weighted by Gasteiger charge is -2.05. The van der Waals surface area contributed by atoms with Crippen molar-refractivity contribution in [3.63, 3.8) is 0 Å². The lowest BCUT2D eigenvalue weighted by Crippen LogP contribution is -2.23. The normalized spacial score (nSPS) is 10.9. The summed E-state index contributed by atoms with van der Waals surface area (Å²) in [5, 5.41) is 6.48. The molecule has 0 fully saturated rings. The Bertz CT molecular complexity index is 1060. The molecule has 25 heavy (non-hydrogen) atoms. The van der Waals surface area contributed by atoms with Crippen LogP contribution >= 0.6 is 23.5 Å². The maximum atomic E-state index is 12.7. The third-order valence-electron chi connectivity index (χ3n) is 3.71. The van der Waals surface area contributed by atoms with Crippen LogP contribution in [0.25, 0.3) is 10.8 Å². The van der Waals surface area contributed by atoms with Crippen molar-refractivity contribution in [2.75, 3.05) is 0 Å². The summed E-state index contributed by atoms with van der Waals surface area (Å²) < 4.78 is 0.866. The van der Waals surface area contributed by atoms with E-state index in [9.17, 15) is 4.91 Å². The number of hydrogen-bond donors (Lipinski definition) is 1. The van der Waals surface area contributed by atoms with Crippen LogP contribution in [0.3, 0.4) is 0 Å². The predicted octanol–water partition coefficient (Wildman–Crippen LogP) is 5.38. The molecule has 0 unspecified atom stereocenters. The van der Waals surface area contributed by atoms with Gasteiger partial charge < -0.3 is 0 Å². The Morgan fingerprint density at radius 3 is 1.80 bits per heavy atom. The minimum absolute atomic E-state index is 0.652. The molecule has 1 aromatic heterocycles. The van der Waals surface area contributed by atoms with Crippen molar-refractivity contribution < 1.29 is 4.54 Å². The molecule has 0 saturated carbocycles. The number of aromatic nitrogens is 2. The molecule has 0 radical (unpaired) electrons. The van der Waals surface area contributed by atoms with Crippen LogP contribution in [0.5, 0.6) is 0 Å². The van der Waals surface area contributed by atoms with Crippen LogP contribution in [-0.4, -0.2) is 5.10 Å². The topological polar surface area (TPSA) is 38.8 Å². The van der Waals surface area contributed by atoms with Crippen molar-refractivity contribution in [2.45, 2.75) is 19.8 Å². The SMILES string of the molecule is O=[n+]1[nH]c(Sc2ccccc2)c2ccccc2c1Sc1ccccc1. The van der Waals surface area contributed by atoms with Gasteiger partial charge in [0.25, 0.3) is 0 Å². The Labute approximate surface area is 153 Å². The Hall–Kier alpha value is -2.50. The van der Waals surface area contributed by atoms with Crippen molar-refractivity contribution in [3.8, 4) is 0 Å². The van der Waals surface area contributed by atoms with E-state index < -0.39 is 0 Å². The van der Waals surface area contributed by atoms with E-state index in [-0.39, 0.29) is 0 Å². The maximum Gasteiger partial charge on any atom is 0.338 e. The van der Waals surface area contributed by atoms with E-state index in [1.165, 1.54) is 11.8 Å². The summed E-state index contributed by atoms with van der Waals surface area (Å²) in [6.07, 6.45) is 0. The monoisotopic (exact) mass is 363 g/mol. The zero-order chi connectivity index (χ0) is 17.1. The zero-order valence-electron chi connectivity index (χ0n) is 13.3. The summed E-state index contributed by atoms with van der Waals surface area (Å²) in [5.41, 5.74) is 0. The summed E-state index contributed by atoms with van der Waals surface area (Å²) in [7, 11) is 0. The minimum Gasteiger partial charge on any atom is -0.106 e. The molecular formula is C20H15N2OS2+. The van der Waals surface area contributed by atoms with Gasteiger partial charge in [-0.25, -0.2) is 0 Å². The number of H-pyrrole nitrogens is 1. The number of benzene rings is 3. The van der Waals surface area contributed by atoms with Gasteiger partial charge in [-0.15, -0.1) is 5.10 Å². The van der Waals surface area contributed by atoms with Gasteiger partial charge in [0.15, 0.2) is 4.54 Å². The number of fused-ring (bicyclic) bond motifs is 1. The van der Waals surface area contributed by atoms with Gasteiger partial charge in [0.05, 0.1) is 10.3 Å². The molecule has 4 rings (SSSR count). The number of hydrogen-bond acceptors (Lipinski definition) is 3. The molecule has 122 valence electrons. The molecule has 0 aliphatic heterocycles. The Morgan fingerprint density at radius 2 is 1.16 bits per heavy atom. The van der Waals surface area contributed by atoms with Gasteiger partial charge >= 0.3 is 5.03 Å². The van der Waals surface area contributed by atoms with E-state index in [2.05, 4.69) is 5.10 Å². The number of rotatable bonds is 4. The highest BCUT2D eigenvalue weighted by Gasteiger charge is 2.20. The second-order valence-corrected chi connectivity index (χ2v) is 7.56. The van der Waals surface area contributed by atoms with Crippen molar-refractivity contribution in [1.82, 2.24) is 5.10 Å². The van der Waals surface area contributed by atoms with E-state index in [1.807, 2.05) is 84.9 Å². The van der Waals surface area contributed by atoms with Crippen molar-refractivity contribution in [3.05, 3.63) is 89.8 Å². The van der Waals surface area contributed by atoms with Gasteiger partial charge in [0.2, 0.25) is 0 Å². The third-order valence-corrected chi connectivity index (χ3v) is 5.82. The molecule has 3 nitrogen and oxygen atoms in total. The van der Waals surface area contributed by atoms with Gasteiger partial charge in [0, 0.05) is 15.2 Å². The Balaban J connectivity index is 1.82. The first kappa shape index (κ1) is 16.0. The van der Waals surface area contributed by atoms with E-state index in [0.29, 0.717) is 5.03 Å². The standard InChI is InChI=1S/C20H15N2OS2/c23-22-20(25-16-11-5-2-6-12-16)18-14-8-7-13-17(18)19(21-22)24-15-9-3-1-4-10-15/h1-14H,(H,21,23)/q+1. The highest BCUT2D eigenvalue weighted by atomic mass is 32.2. The first-order chi connectivity index (χ1) is 12.3. The van der Waals surface area contributed by atoms with Crippen LogP contribution in [0.2, 0.25) is 0 Å². The molecule has 4 aromatic rings. The molecule has 0 aliphatic carbocycles. The van der Waals surface area contributed by atoms with Gasteiger partial charge in [-0.2, -0.15) is 0 Å². The van der Waals surface area contributed by atoms with Crippen LogP contribution in [0.1, 0.15) is 0 Å². The molecule has 5 heteroatoms. The van der Waals surface area contributed by atoms with Crippen LogP contribution in [0, 0.1) is 4.91 Å². The fraction of sp³-hybridized carbons (Fsp3) is 0. The first-order valence-electron chi connectivity index (χ1n) is 7.85. The van der Waals surface area contributed by atoms with E-state index in [0.717, 1.165) is 30.1 Å². The van der Waals surface area contributed by atoms with Crippen LogP contribution in [0.4, 0.5) is 0 Å². The Morgan fingerprint density at radius 1 is 0.640 bits per heavy atom. The number of aromatic amines is 1. The fourth-order valence-electron chi connectivity index (χ4n) is 2.56. The minimum atomic E-state index is 0.652. The van der Waals surface area contributed by atoms with Gasteiger partial charge in [-0.3, -0.25) is 0 Å². The molecule has 0 saturated heterocycles. The first-order valence-corrected chi connectivity index (χ1v) is 9.48. The molecule has 0 amide bonds. The molecular weight excluding hydrogens is 348 g/mol. The highest BCUT2D eigenvalue weighted by molar-refractivity contribution is 7.99. The summed E-state index contributed by atoms with van der Waals surface area (Å²) >= 11 is 3.03. The summed E-state index contributed by atoms with van der Waals surface area (Å²) in [6.45, 7) is 0. The molecule has 0 spiro atoms. The van der Waals surface area contributed by atoms with Crippen molar-refractivity contribution in [2.24, 2.45) is 0 Å². The lowest BCUT2D eigenvalue weighted by molar-refractivity contribution is -0.606. The molecule has 0 aliphatic rings. The van der Waals surface area contributed by atoms with Gasteiger partial charge in [-0.05, 0) is 42.1 Å². The predicted molar refractivity (Wildman–Crippen MR) is 103 cm³/mol. The van der Waals surface area contributed by atoms with Crippen LogP contribution in [-0.2, 0) is 0 Å². The lowest BCUT2D eigenvalue weighted by atomic mass is 10.2. The van der Waals surface area contributed by atoms with Gasteiger partial charge in [-0.1, -0.05) is 66.4 Å². The van der Waals surface area contributed by atoms with E-state index in [4.69, 9.17) is 0 Å². The van der Waals surface area contributed by atoms with Gasteiger partial charge in [0.1, 0.15) is 5.03 Å². The fourth-order valence-corrected chi connectivity index (χ4v) is 4.44. The highest BCUT2D eigenvalue weighted by Crippen LogP contribution is 2.35. The molecule has 0 atom stereocenters. The van der Waals surface area contributed by atoms with Crippen molar-refractivity contribution >= 4 is 34.3 Å². The maximum absolute atomic E-state index is 12.7. The largest absolute Gasteiger partial charge is 0.338 e. The summed E-state index contributed by atoms with van der Waals surface area (Å²) in [6, 6.07) is 28.0. The average Bonchev–Trinajstić information content (AvgIpc) is 2.66. The zero-order valence-corrected chi connectivity index (χ0v) is 14.9. The van der Waals surface area contributed by atoms with E-state index >= 15 is 0 Å². The van der Waals surface area contributed by atoms with Crippen LogP contribution < -0.4 is 4.54 Å². The molecule has 3 aromatic carbocycles. The average molecular weight is 363 g/mol. The third kappa shape index (κ3) is 3.48. The molecule has 0 bridgehead atoms. The second-order valence-electron chi connectivity index (χ2n) is 5.42. The molecule has 1 heterocycles. The molecule has 1 N–H and O–H groups in total. The number of nitrogens with one attached hydrogen (secondary N) is 1. The van der Waals surface area contributed by atoms with Crippen LogP contribution in [0.15, 0.2) is 105 Å². The second kappa shape index (κ2) is 7.17. The smallest absolute Gasteiger partial charge is 0.106 e. The Kier molecular flexibility index (Phi) is 4.59. The number of nitrogens with zero attached hydrogens (tertiary/aromatic N) is 1. The summed E-state index contributed by atoms with van der Waals surface area (Å²) in [5.74, 6) is 0. The van der Waals surface area contributed by atoms with Crippen molar-refractivity contribution in [1.29, 1.82) is 0 Å². The quantitative estimate of drug-likeness (QED) is 0.494. The van der Waals surface area contributed by atoms with E-state index in [1.54, 1.807) is 11.8 Å².